The largest absolute Gasteiger partial charge is 0.382 e. The third-order valence-electron chi connectivity index (χ3n) is 2.06. The second-order valence-electron chi connectivity index (χ2n) is 3.06. The number of nitrogens with one attached hydrogen (secondary N) is 1. The molecular weight excluding hydrogens is 230 g/mol. The molecule has 1 aromatic carbocycles. The maximum Gasteiger partial charge on any atom is 0.145 e. The average molecular weight is 240 g/mol. The Balaban J connectivity index is 2.42. The summed E-state index contributed by atoms with van der Waals surface area (Å²) in [5.74, 6) is 0.482. The molecule has 0 radical (unpaired) electrons. The molecule has 0 atom stereocenters. The highest BCUT2D eigenvalue weighted by molar-refractivity contribution is 7.98. The molecule has 0 saturated heterocycles. The van der Waals surface area contributed by atoms with Crippen LogP contribution in [0.5, 0.6) is 0 Å². The normalized spacial score (nSPS) is 10.5. The number of aromatic amines is 1. The maximum atomic E-state index is 6.10. The number of rotatable bonds is 2. The SMILES string of the molecule is CSc1ccc(-c2cc(N)n[nH]2)cc1Cl. The highest BCUT2D eigenvalue weighted by Crippen LogP contribution is 2.29. The van der Waals surface area contributed by atoms with Crippen LogP contribution < -0.4 is 5.73 Å². The maximum absolute atomic E-state index is 6.10. The molecule has 2 aromatic rings. The van der Waals surface area contributed by atoms with Crippen molar-refractivity contribution in [3.8, 4) is 11.3 Å². The van der Waals surface area contributed by atoms with Crippen LogP contribution in [0, 0.1) is 0 Å². The van der Waals surface area contributed by atoms with Gasteiger partial charge in [-0.2, -0.15) is 5.10 Å². The lowest BCUT2D eigenvalue weighted by Gasteiger charge is -2.02. The van der Waals surface area contributed by atoms with Crippen LogP contribution in [-0.4, -0.2) is 16.5 Å². The van der Waals surface area contributed by atoms with Crippen molar-refractivity contribution in [1.82, 2.24) is 10.2 Å². The zero-order chi connectivity index (χ0) is 10.8. The number of halogens is 1. The first-order valence-electron chi connectivity index (χ1n) is 4.35. The lowest BCUT2D eigenvalue weighted by Crippen LogP contribution is -1.81. The number of anilines is 1. The molecule has 0 aliphatic carbocycles. The van der Waals surface area contributed by atoms with E-state index in [0.29, 0.717) is 5.82 Å². The van der Waals surface area contributed by atoms with E-state index in [1.54, 1.807) is 17.8 Å². The van der Waals surface area contributed by atoms with E-state index in [9.17, 15) is 0 Å². The minimum absolute atomic E-state index is 0.482. The molecule has 0 fully saturated rings. The summed E-state index contributed by atoms with van der Waals surface area (Å²) in [5.41, 5.74) is 7.40. The summed E-state index contributed by atoms with van der Waals surface area (Å²) in [5, 5.41) is 7.46. The lowest BCUT2D eigenvalue weighted by atomic mass is 10.1. The standard InChI is InChI=1S/C10H10ClN3S/c1-15-9-3-2-6(4-7(9)11)8-5-10(12)14-13-8/h2-5H,1H3,(H3,12,13,14). The fourth-order valence-electron chi connectivity index (χ4n) is 1.32. The Bertz CT molecular complexity index is 481. The fourth-order valence-corrected chi connectivity index (χ4v) is 2.19. The number of benzene rings is 1. The number of thioether (sulfide) groups is 1. The van der Waals surface area contributed by atoms with Crippen LogP contribution in [0.1, 0.15) is 0 Å². The molecule has 0 bridgehead atoms. The molecule has 0 unspecified atom stereocenters. The Morgan fingerprint density at radius 3 is 2.73 bits per heavy atom. The topological polar surface area (TPSA) is 54.7 Å². The van der Waals surface area contributed by atoms with E-state index < -0.39 is 0 Å². The number of nitrogens with zero attached hydrogens (tertiary/aromatic N) is 1. The van der Waals surface area contributed by atoms with Gasteiger partial charge in [-0.3, -0.25) is 5.10 Å². The molecule has 2 rings (SSSR count). The van der Waals surface area contributed by atoms with Gasteiger partial charge in [-0.25, -0.2) is 0 Å². The van der Waals surface area contributed by atoms with Crippen molar-refractivity contribution in [2.75, 3.05) is 12.0 Å². The molecule has 3 N–H and O–H groups in total. The quantitative estimate of drug-likeness (QED) is 0.792. The van der Waals surface area contributed by atoms with Gasteiger partial charge in [-0.1, -0.05) is 17.7 Å². The number of hydrogen-bond donors (Lipinski definition) is 2. The lowest BCUT2D eigenvalue weighted by molar-refractivity contribution is 1.10. The summed E-state index contributed by atoms with van der Waals surface area (Å²) in [7, 11) is 0. The smallest absolute Gasteiger partial charge is 0.145 e. The van der Waals surface area contributed by atoms with Crippen molar-refractivity contribution in [3.63, 3.8) is 0 Å². The zero-order valence-electron chi connectivity index (χ0n) is 8.12. The molecule has 0 saturated carbocycles. The molecule has 0 spiro atoms. The van der Waals surface area contributed by atoms with Gasteiger partial charge in [0.05, 0.1) is 10.7 Å². The van der Waals surface area contributed by atoms with E-state index in [0.717, 1.165) is 21.2 Å². The summed E-state index contributed by atoms with van der Waals surface area (Å²) in [6, 6.07) is 7.66. The predicted molar refractivity (Wildman–Crippen MR) is 65.2 cm³/mol. The molecule has 0 aliphatic rings. The van der Waals surface area contributed by atoms with E-state index in [4.69, 9.17) is 17.3 Å². The van der Waals surface area contributed by atoms with Crippen molar-refractivity contribution in [2.45, 2.75) is 4.90 Å². The van der Waals surface area contributed by atoms with E-state index >= 15 is 0 Å². The number of aromatic nitrogens is 2. The van der Waals surface area contributed by atoms with Crippen LogP contribution in [0.15, 0.2) is 29.2 Å². The Kier molecular flexibility index (Phi) is 2.88. The summed E-state index contributed by atoms with van der Waals surface area (Å²) >= 11 is 7.72. The summed E-state index contributed by atoms with van der Waals surface area (Å²) in [6.45, 7) is 0. The highest BCUT2D eigenvalue weighted by atomic mass is 35.5. The molecule has 15 heavy (non-hydrogen) atoms. The van der Waals surface area contributed by atoms with Crippen molar-refractivity contribution in [3.05, 3.63) is 29.3 Å². The molecule has 78 valence electrons. The third-order valence-corrected chi connectivity index (χ3v) is 3.28. The molecule has 1 aromatic heterocycles. The van der Waals surface area contributed by atoms with Gasteiger partial charge in [0.25, 0.3) is 0 Å². The Morgan fingerprint density at radius 1 is 1.40 bits per heavy atom. The van der Waals surface area contributed by atoms with Crippen LogP contribution in [0.25, 0.3) is 11.3 Å². The Morgan fingerprint density at radius 2 is 2.20 bits per heavy atom. The first-order chi connectivity index (χ1) is 7.20. The minimum Gasteiger partial charge on any atom is -0.382 e. The van der Waals surface area contributed by atoms with Crippen molar-refractivity contribution < 1.29 is 0 Å². The van der Waals surface area contributed by atoms with Gasteiger partial charge in [0, 0.05) is 16.5 Å². The van der Waals surface area contributed by atoms with E-state index in [1.807, 2.05) is 24.5 Å². The molecule has 5 heteroatoms. The zero-order valence-corrected chi connectivity index (χ0v) is 9.69. The van der Waals surface area contributed by atoms with Gasteiger partial charge in [-0.15, -0.1) is 11.8 Å². The number of H-pyrrole nitrogens is 1. The van der Waals surface area contributed by atoms with Gasteiger partial charge in [-0.05, 0) is 18.4 Å². The second kappa shape index (κ2) is 4.16. The van der Waals surface area contributed by atoms with E-state index in [1.165, 1.54) is 0 Å². The predicted octanol–water partition coefficient (Wildman–Crippen LogP) is 3.03. The minimum atomic E-state index is 0.482. The van der Waals surface area contributed by atoms with Gasteiger partial charge in [0.1, 0.15) is 5.82 Å². The van der Waals surface area contributed by atoms with Crippen molar-refractivity contribution in [1.29, 1.82) is 0 Å². The summed E-state index contributed by atoms with van der Waals surface area (Å²) < 4.78 is 0. The number of nitrogens with two attached hydrogens (primary N) is 1. The van der Waals surface area contributed by atoms with E-state index in [2.05, 4.69) is 10.2 Å². The van der Waals surface area contributed by atoms with Gasteiger partial charge in [0.2, 0.25) is 0 Å². The summed E-state index contributed by atoms with van der Waals surface area (Å²) in [6.07, 6.45) is 2.00. The van der Waals surface area contributed by atoms with Crippen LogP contribution in [0.4, 0.5) is 5.82 Å². The summed E-state index contributed by atoms with van der Waals surface area (Å²) in [4.78, 5) is 1.06. The Labute approximate surface area is 97.0 Å². The second-order valence-corrected chi connectivity index (χ2v) is 4.31. The molecule has 0 aliphatic heterocycles. The van der Waals surface area contributed by atoms with Gasteiger partial charge < -0.3 is 5.73 Å². The highest BCUT2D eigenvalue weighted by Gasteiger charge is 2.04. The number of nitrogen functional groups attached to an aromatic ring is 1. The van der Waals surface area contributed by atoms with Crippen LogP contribution >= 0.6 is 23.4 Å². The third kappa shape index (κ3) is 2.11. The first-order valence-corrected chi connectivity index (χ1v) is 5.96. The Hall–Kier alpha value is -1.13. The first kappa shape index (κ1) is 10.4. The molecule has 1 heterocycles. The van der Waals surface area contributed by atoms with Crippen LogP contribution in [0.3, 0.4) is 0 Å². The van der Waals surface area contributed by atoms with E-state index in [-0.39, 0.29) is 0 Å². The number of hydrogen-bond acceptors (Lipinski definition) is 3. The molecule has 0 amide bonds. The van der Waals surface area contributed by atoms with Crippen molar-refractivity contribution >= 4 is 29.2 Å². The van der Waals surface area contributed by atoms with Crippen molar-refractivity contribution in [2.24, 2.45) is 0 Å². The average Bonchev–Trinajstić information content (AvgIpc) is 2.65. The molecular formula is C10H10ClN3S. The fraction of sp³-hybridized carbons (Fsp3) is 0.100. The molecule has 3 nitrogen and oxygen atoms in total. The monoisotopic (exact) mass is 239 g/mol. The van der Waals surface area contributed by atoms with Gasteiger partial charge >= 0.3 is 0 Å². The van der Waals surface area contributed by atoms with Gasteiger partial charge in [0.15, 0.2) is 0 Å². The van der Waals surface area contributed by atoms with Crippen LogP contribution in [-0.2, 0) is 0 Å². The van der Waals surface area contributed by atoms with Crippen LogP contribution in [0.2, 0.25) is 5.02 Å².